The normalized spacial score (nSPS) is 16.9. The highest BCUT2D eigenvalue weighted by molar-refractivity contribution is 5.86. The van der Waals surface area contributed by atoms with E-state index >= 15 is 0 Å². The van der Waals surface area contributed by atoms with Crippen LogP contribution in [0.2, 0.25) is 0 Å². The summed E-state index contributed by atoms with van der Waals surface area (Å²) in [4.78, 5) is 12.3. The lowest BCUT2D eigenvalue weighted by atomic mass is 9.90. The molecule has 6 heteroatoms. The minimum atomic E-state index is -0.807. The Labute approximate surface area is 135 Å². The number of nitrogens with one attached hydrogen (secondary N) is 1. The highest BCUT2D eigenvalue weighted by Crippen LogP contribution is 2.17. The SMILES string of the molecule is NC1(C(=O)NCc2cnn(Cc3ccccc3)c2)CCOCC1. The predicted molar refractivity (Wildman–Crippen MR) is 86.6 cm³/mol. The summed E-state index contributed by atoms with van der Waals surface area (Å²) in [5.74, 6) is -0.114. The number of rotatable bonds is 5. The molecule has 1 amide bonds. The number of benzene rings is 1. The fourth-order valence-electron chi connectivity index (χ4n) is 2.68. The van der Waals surface area contributed by atoms with Crippen LogP contribution in [-0.2, 0) is 22.6 Å². The maximum absolute atomic E-state index is 12.3. The van der Waals surface area contributed by atoms with Crippen LogP contribution in [0.4, 0.5) is 0 Å². The van der Waals surface area contributed by atoms with E-state index < -0.39 is 5.54 Å². The zero-order valence-corrected chi connectivity index (χ0v) is 13.1. The molecule has 1 fully saturated rings. The van der Waals surface area contributed by atoms with Crippen molar-refractivity contribution in [3.8, 4) is 0 Å². The fraction of sp³-hybridized carbons (Fsp3) is 0.412. The molecule has 0 aliphatic carbocycles. The first-order valence-electron chi connectivity index (χ1n) is 7.86. The number of carbonyl (C=O) groups excluding carboxylic acids is 1. The first kappa shape index (κ1) is 15.7. The molecule has 1 aromatic carbocycles. The maximum atomic E-state index is 12.3. The van der Waals surface area contributed by atoms with Gasteiger partial charge >= 0.3 is 0 Å². The quantitative estimate of drug-likeness (QED) is 0.864. The third-order valence-electron chi connectivity index (χ3n) is 4.16. The van der Waals surface area contributed by atoms with Crippen molar-refractivity contribution < 1.29 is 9.53 Å². The molecule has 1 aliphatic rings. The summed E-state index contributed by atoms with van der Waals surface area (Å²) in [6.45, 7) is 2.23. The Hall–Kier alpha value is -2.18. The van der Waals surface area contributed by atoms with Crippen LogP contribution in [0.15, 0.2) is 42.7 Å². The van der Waals surface area contributed by atoms with Crippen LogP contribution in [-0.4, -0.2) is 34.4 Å². The standard InChI is InChI=1S/C17H22N4O2/c18-17(6-8-23-9-7-17)16(22)19-10-15-11-20-21(13-15)12-14-4-2-1-3-5-14/h1-5,11,13H,6-10,12,18H2,(H,19,22). The monoisotopic (exact) mass is 314 g/mol. The number of hydrogen-bond donors (Lipinski definition) is 2. The molecule has 122 valence electrons. The molecule has 2 heterocycles. The Morgan fingerprint density at radius 2 is 2.00 bits per heavy atom. The fourth-order valence-corrected chi connectivity index (χ4v) is 2.68. The third kappa shape index (κ3) is 3.97. The smallest absolute Gasteiger partial charge is 0.240 e. The van der Waals surface area contributed by atoms with Crippen LogP contribution < -0.4 is 11.1 Å². The van der Waals surface area contributed by atoms with Crippen molar-refractivity contribution >= 4 is 5.91 Å². The van der Waals surface area contributed by atoms with E-state index in [1.807, 2.05) is 29.1 Å². The van der Waals surface area contributed by atoms with Gasteiger partial charge in [-0.3, -0.25) is 9.48 Å². The second-order valence-corrected chi connectivity index (χ2v) is 5.98. The summed E-state index contributed by atoms with van der Waals surface area (Å²) < 4.78 is 7.13. The summed E-state index contributed by atoms with van der Waals surface area (Å²) >= 11 is 0. The molecule has 0 atom stereocenters. The largest absolute Gasteiger partial charge is 0.381 e. The van der Waals surface area contributed by atoms with Gasteiger partial charge in [0.15, 0.2) is 0 Å². The average Bonchev–Trinajstić information content (AvgIpc) is 3.01. The molecular weight excluding hydrogens is 292 g/mol. The Bertz CT molecular complexity index is 648. The van der Waals surface area contributed by atoms with E-state index in [-0.39, 0.29) is 5.91 Å². The van der Waals surface area contributed by atoms with Crippen LogP contribution >= 0.6 is 0 Å². The first-order chi connectivity index (χ1) is 11.2. The van der Waals surface area contributed by atoms with Crippen LogP contribution in [0.3, 0.4) is 0 Å². The summed E-state index contributed by atoms with van der Waals surface area (Å²) in [7, 11) is 0. The second kappa shape index (κ2) is 6.93. The molecule has 0 saturated carbocycles. The third-order valence-corrected chi connectivity index (χ3v) is 4.16. The number of nitrogens with zero attached hydrogens (tertiary/aromatic N) is 2. The lowest BCUT2D eigenvalue weighted by Crippen LogP contribution is -2.56. The number of nitrogens with two attached hydrogens (primary N) is 1. The molecule has 1 aromatic heterocycles. The van der Waals surface area contributed by atoms with Gasteiger partial charge in [-0.25, -0.2) is 0 Å². The lowest BCUT2D eigenvalue weighted by Gasteiger charge is -2.31. The molecule has 0 radical (unpaired) electrons. The van der Waals surface area contributed by atoms with E-state index in [1.54, 1.807) is 6.20 Å². The van der Waals surface area contributed by atoms with Gasteiger partial charge in [-0.2, -0.15) is 5.10 Å². The van der Waals surface area contributed by atoms with Crippen LogP contribution in [0, 0.1) is 0 Å². The summed E-state index contributed by atoms with van der Waals surface area (Å²) in [6, 6.07) is 10.1. The van der Waals surface area contributed by atoms with Gasteiger partial charge in [0.25, 0.3) is 0 Å². The van der Waals surface area contributed by atoms with Crippen molar-refractivity contribution in [3.63, 3.8) is 0 Å². The van der Waals surface area contributed by atoms with E-state index in [4.69, 9.17) is 10.5 Å². The molecule has 3 N–H and O–H groups in total. The summed E-state index contributed by atoms with van der Waals surface area (Å²) in [5, 5.41) is 7.25. The van der Waals surface area contributed by atoms with Gasteiger partial charge in [0.05, 0.1) is 18.3 Å². The highest BCUT2D eigenvalue weighted by Gasteiger charge is 2.35. The van der Waals surface area contributed by atoms with Gasteiger partial charge in [0.2, 0.25) is 5.91 Å². The van der Waals surface area contributed by atoms with Crippen molar-refractivity contribution in [1.82, 2.24) is 15.1 Å². The molecule has 0 spiro atoms. The maximum Gasteiger partial charge on any atom is 0.240 e. The molecule has 6 nitrogen and oxygen atoms in total. The van der Waals surface area contributed by atoms with Crippen LogP contribution in [0.25, 0.3) is 0 Å². The summed E-state index contributed by atoms with van der Waals surface area (Å²) in [6.07, 6.45) is 4.84. The zero-order chi connectivity index (χ0) is 16.1. The van der Waals surface area contributed by atoms with Crippen molar-refractivity contribution in [3.05, 3.63) is 53.9 Å². The first-order valence-corrected chi connectivity index (χ1v) is 7.86. The topological polar surface area (TPSA) is 82.2 Å². The number of amides is 1. The molecule has 0 bridgehead atoms. The average molecular weight is 314 g/mol. The Balaban J connectivity index is 1.54. The van der Waals surface area contributed by atoms with Crippen molar-refractivity contribution in [2.24, 2.45) is 5.73 Å². The van der Waals surface area contributed by atoms with Gasteiger partial charge in [0, 0.05) is 31.5 Å². The van der Waals surface area contributed by atoms with Gasteiger partial charge in [-0.05, 0) is 18.4 Å². The van der Waals surface area contributed by atoms with E-state index in [0.29, 0.717) is 39.1 Å². The van der Waals surface area contributed by atoms with E-state index in [0.717, 1.165) is 5.56 Å². The molecule has 0 unspecified atom stereocenters. The van der Waals surface area contributed by atoms with Gasteiger partial charge < -0.3 is 15.8 Å². The van der Waals surface area contributed by atoms with Crippen molar-refractivity contribution in [2.45, 2.75) is 31.5 Å². The van der Waals surface area contributed by atoms with Crippen LogP contribution in [0.1, 0.15) is 24.0 Å². The van der Waals surface area contributed by atoms with E-state index in [9.17, 15) is 4.79 Å². The number of carbonyl (C=O) groups is 1. The molecule has 1 saturated heterocycles. The van der Waals surface area contributed by atoms with Crippen molar-refractivity contribution in [2.75, 3.05) is 13.2 Å². The Kier molecular flexibility index (Phi) is 4.73. The second-order valence-electron chi connectivity index (χ2n) is 5.98. The molecule has 23 heavy (non-hydrogen) atoms. The van der Waals surface area contributed by atoms with Gasteiger partial charge in [-0.1, -0.05) is 30.3 Å². The zero-order valence-electron chi connectivity index (χ0n) is 13.1. The van der Waals surface area contributed by atoms with E-state index in [1.165, 1.54) is 5.56 Å². The summed E-state index contributed by atoms with van der Waals surface area (Å²) in [5.41, 5.74) is 7.51. The number of aromatic nitrogens is 2. The van der Waals surface area contributed by atoms with Gasteiger partial charge in [-0.15, -0.1) is 0 Å². The van der Waals surface area contributed by atoms with Crippen molar-refractivity contribution in [1.29, 1.82) is 0 Å². The van der Waals surface area contributed by atoms with Crippen LogP contribution in [0.5, 0.6) is 0 Å². The predicted octanol–water partition coefficient (Wildman–Crippen LogP) is 1.06. The lowest BCUT2D eigenvalue weighted by molar-refractivity contribution is -0.129. The molecule has 2 aromatic rings. The molecule has 1 aliphatic heterocycles. The Morgan fingerprint density at radius 1 is 1.26 bits per heavy atom. The highest BCUT2D eigenvalue weighted by atomic mass is 16.5. The molecular formula is C17H22N4O2. The minimum Gasteiger partial charge on any atom is -0.381 e. The minimum absolute atomic E-state index is 0.114. The van der Waals surface area contributed by atoms with Gasteiger partial charge in [0.1, 0.15) is 0 Å². The number of ether oxygens (including phenoxy) is 1. The molecule has 3 rings (SSSR count). The number of hydrogen-bond acceptors (Lipinski definition) is 4. The Morgan fingerprint density at radius 3 is 2.74 bits per heavy atom. The van der Waals surface area contributed by atoms with E-state index in [2.05, 4.69) is 22.5 Å².